The largest absolute Gasteiger partial charge is 0.325 e. The minimum absolute atomic E-state index is 0.0551. The van der Waals surface area contributed by atoms with Crippen molar-refractivity contribution in [2.24, 2.45) is 0 Å². The standard InChI is InChI=1S/C26H19ClFN3O5S2/c27-17-9-14-24-21(15-17)20-5-1-4-8-25(20)38(35,36)31(24)16-26(32)29-18-10-12-19(13-11-18)37(33,34)30-23-7-3-2-6-22(23)28/h1-15,30H,16H2,(H,29,32). The van der Waals surface area contributed by atoms with Crippen molar-refractivity contribution in [1.82, 2.24) is 0 Å². The number of para-hydroxylation sites is 1. The summed E-state index contributed by atoms with van der Waals surface area (Å²) in [6.45, 7) is -0.528. The van der Waals surface area contributed by atoms with Crippen LogP contribution in [-0.2, 0) is 24.8 Å². The molecule has 1 aliphatic rings. The van der Waals surface area contributed by atoms with Gasteiger partial charge in [0.05, 0.1) is 21.2 Å². The molecule has 0 atom stereocenters. The minimum atomic E-state index is -4.09. The van der Waals surface area contributed by atoms with Gasteiger partial charge in [0.25, 0.3) is 20.0 Å². The van der Waals surface area contributed by atoms with Gasteiger partial charge in [0.1, 0.15) is 12.4 Å². The molecule has 0 spiro atoms. The van der Waals surface area contributed by atoms with Crippen molar-refractivity contribution in [2.45, 2.75) is 9.79 Å². The van der Waals surface area contributed by atoms with Crippen LogP contribution in [0.5, 0.6) is 0 Å². The van der Waals surface area contributed by atoms with E-state index >= 15 is 0 Å². The van der Waals surface area contributed by atoms with Gasteiger partial charge in [0.15, 0.2) is 0 Å². The van der Waals surface area contributed by atoms with Crippen LogP contribution in [0.3, 0.4) is 0 Å². The van der Waals surface area contributed by atoms with Crippen molar-refractivity contribution >= 4 is 54.6 Å². The second-order valence-electron chi connectivity index (χ2n) is 8.33. The fourth-order valence-electron chi connectivity index (χ4n) is 4.07. The summed E-state index contributed by atoms with van der Waals surface area (Å²) in [7, 11) is -8.13. The van der Waals surface area contributed by atoms with Gasteiger partial charge in [-0.05, 0) is 60.7 Å². The lowest BCUT2D eigenvalue weighted by molar-refractivity contribution is -0.114. The summed E-state index contributed by atoms with van der Waals surface area (Å²) < 4.78 is 69.0. The van der Waals surface area contributed by atoms with Crippen molar-refractivity contribution in [3.8, 4) is 11.1 Å². The number of hydrogen-bond acceptors (Lipinski definition) is 5. The first kappa shape index (κ1) is 25.7. The third kappa shape index (κ3) is 4.83. The van der Waals surface area contributed by atoms with Crippen molar-refractivity contribution in [3.05, 3.63) is 102 Å². The monoisotopic (exact) mass is 571 g/mol. The summed E-state index contributed by atoms with van der Waals surface area (Å²) >= 11 is 6.16. The first-order chi connectivity index (χ1) is 18.1. The Morgan fingerprint density at radius 3 is 2.32 bits per heavy atom. The van der Waals surface area contributed by atoms with E-state index in [0.29, 0.717) is 21.8 Å². The van der Waals surface area contributed by atoms with Gasteiger partial charge in [0, 0.05) is 21.8 Å². The Morgan fingerprint density at radius 1 is 0.895 bits per heavy atom. The number of benzene rings is 4. The zero-order chi connectivity index (χ0) is 27.1. The molecule has 1 heterocycles. The SMILES string of the molecule is O=C(CN1c2ccc(Cl)cc2-c2ccccc2S1(=O)=O)Nc1ccc(S(=O)(=O)Nc2ccccc2F)cc1. The molecule has 38 heavy (non-hydrogen) atoms. The molecule has 0 fully saturated rings. The molecule has 2 N–H and O–H groups in total. The molecule has 8 nitrogen and oxygen atoms in total. The van der Waals surface area contributed by atoms with Gasteiger partial charge in [-0.15, -0.1) is 0 Å². The molecule has 4 aromatic carbocycles. The molecule has 1 aliphatic heterocycles. The average Bonchev–Trinajstić information content (AvgIpc) is 2.88. The molecule has 0 saturated heterocycles. The number of carbonyl (C=O) groups excluding carboxylic acids is 1. The van der Waals surface area contributed by atoms with Crippen LogP contribution in [0.2, 0.25) is 5.02 Å². The number of nitrogens with zero attached hydrogens (tertiary/aromatic N) is 1. The third-order valence-corrected chi connectivity index (χ3v) is 9.26. The molecular weight excluding hydrogens is 553 g/mol. The molecule has 0 saturated carbocycles. The van der Waals surface area contributed by atoms with Crippen LogP contribution in [0.4, 0.5) is 21.5 Å². The van der Waals surface area contributed by atoms with Gasteiger partial charge in [-0.2, -0.15) is 0 Å². The van der Waals surface area contributed by atoms with E-state index in [1.165, 1.54) is 48.5 Å². The normalized spacial score (nSPS) is 13.8. The van der Waals surface area contributed by atoms with Crippen molar-refractivity contribution in [3.63, 3.8) is 0 Å². The zero-order valence-corrected chi connectivity index (χ0v) is 21.8. The van der Waals surface area contributed by atoms with Crippen molar-refractivity contribution in [1.29, 1.82) is 0 Å². The summed E-state index contributed by atoms with van der Waals surface area (Å²) in [5, 5.41) is 3.00. The lowest BCUT2D eigenvalue weighted by Gasteiger charge is -2.31. The van der Waals surface area contributed by atoms with Gasteiger partial charge < -0.3 is 5.32 Å². The summed E-state index contributed by atoms with van der Waals surface area (Å²) in [6.07, 6.45) is 0. The maximum absolute atomic E-state index is 13.9. The van der Waals surface area contributed by atoms with E-state index < -0.39 is 38.3 Å². The minimum Gasteiger partial charge on any atom is -0.325 e. The van der Waals surface area contributed by atoms with Crippen LogP contribution in [-0.4, -0.2) is 29.3 Å². The molecule has 5 rings (SSSR count). The zero-order valence-electron chi connectivity index (χ0n) is 19.4. The fourth-order valence-corrected chi connectivity index (χ4v) is 6.96. The van der Waals surface area contributed by atoms with Crippen molar-refractivity contribution < 1.29 is 26.0 Å². The number of sulfonamides is 2. The maximum atomic E-state index is 13.9. The van der Waals surface area contributed by atoms with Gasteiger partial charge >= 0.3 is 0 Å². The Bertz CT molecular complexity index is 1780. The van der Waals surface area contributed by atoms with Gasteiger partial charge in [-0.1, -0.05) is 41.9 Å². The second kappa shape index (κ2) is 9.75. The lowest BCUT2D eigenvalue weighted by atomic mass is 10.0. The predicted octanol–water partition coefficient (Wildman–Crippen LogP) is 5.09. The molecule has 194 valence electrons. The Kier molecular flexibility index (Phi) is 6.59. The maximum Gasteiger partial charge on any atom is 0.265 e. The first-order valence-corrected chi connectivity index (χ1v) is 14.5. The van der Waals surface area contributed by atoms with E-state index in [9.17, 15) is 26.0 Å². The highest BCUT2D eigenvalue weighted by atomic mass is 35.5. The highest BCUT2D eigenvalue weighted by molar-refractivity contribution is 7.93. The molecular formula is C26H19ClFN3O5S2. The Labute approximate surface area is 223 Å². The number of anilines is 3. The summed E-state index contributed by atoms with van der Waals surface area (Å²) in [5.41, 5.74) is 1.42. The molecule has 0 radical (unpaired) electrons. The van der Waals surface area contributed by atoms with E-state index in [-0.39, 0.29) is 21.2 Å². The summed E-state index contributed by atoms with van der Waals surface area (Å²) in [4.78, 5) is 12.8. The molecule has 0 unspecified atom stereocenters. The van der Waals surface area contributed by atoms with Crippen LogP contribution in [0.25, 0.3) is 11.1 Å². The number of fused-ring (bicyclic) bond motifs is 3. The Morgan fingerprint density at radius 2 is 1.58 bits per heavy atom. The molecule has 1 amide bonds. The summed E-state index contributed by atoms with van der Waals surface area (Å²) in [5.74, 6) is -1.37. The smallest absolute Gasteiger partial charge is 0.265 e. The molecule has 12 heteroatoms. The van der Waals surface area contributed by atoms with Crippen LogP contribution in [0, 0.1) is 5.82 Å². The van der Waals surface area contributed by atoms with Gasteiger partial charge in [-0.3, -0.25) is 13.8 Å². The number of rotatable bonds is 6. The van der Waals surface area contributed by atoms with Crippen molar-refractivity contribution in [2.75, 3.05) is 20.9 Å². The van der Waals surface area contributed by atoms with E-state index in [4.69, 9.17) is 11.6 Å². The third-order valence-electron chi connectivity index (χ3n) is 5.83. The van der Waals surface area contributed by atoms with Crippen LogP contribution < -0.4 is 14.3 Å². The number of hydrogen-bond donors (Lipinski definition) is 2. The van der Waals surface area contributed by atoms with E-state index in [1.54, 1.807) is 36.4 Å². The Balaban J connectivity index is 1.36. The Hall–Kier alpha value is -3.93. The molecule has 0 aliphatic carbocycles. The van der Waals surface area contributed by atoms with Crippen LogP contribution in [0.1, 0.15) is 0 Å². The van der Waals surface area contributed by atoms with E-state index in [2.05, 4.69) is 10.0 Å². The van der Waals surface area contributed by atoms with E-state index in [1.807, 2.05) is 0 Å². The number of nitrogens with one attached hydrogen (secondary N) is 2. The lowest BCUT2D eigenvalue weighted by Crippen LogP contribution is -2.40. The fraction of sp³-hybridized carbons (Fsp3) is 0.0385. The molecule has 0 aromatic heterocycles. The predicted molar refractivity (Wildman–Crippen MR) is 144 cm³/mol. The molecule has 4 aromatic rings. The van der Waals surface area contributed by atoms with Crippen LogP contribution in [0.15, 0.2) is 101 Å². The topological polar surface area (TPSA) is 113 Å². The first-order valence-electron chi connectivity index (χ1n) is 11.2. The van der Waals surface area contributed by atoms with Gasteiger partial charge in [0.2, 0.25) is 5.91 Å². The average molecular weight is 572 g/mol. The highest BCUT2D eigenvalue weighted by Crippen LogP contribution is 2.43. The number of carbonyl (C=O) groups is 1. The quantitative estimate of drug-likeness (QED) is 0.334. The molecule has 0 bridgehead atoms. The second-order valence-corrected chi connectivity index (χ2v) is 12.3. The number of halogens is 2. The van der Waals surface area contributed by atoms with Gasteiger partial charge in [-0.25, -0.2) is 21.2 Å². The number of amides is 1. The van der Waals surface area contributed by atoms with Crippen LogP contribution >= 0.6 is 11.6 Å². The highest BCUT2D eigenvalue weighted by Gasteiger charge is 2.36. The van der Waals surface area contributed by atoms with E-state index in [0.717, 1.165) is 10.4 Å². The summed E-state index contributed by atoms with van der Waals surface area (Å²) in [6, 6.07) is 21.7.